The number of aromatic nitrogens is 1. The number of nitrogens with zero attached hydrogens (tertiary/aromatic N) is 1. The highest BCUT2D eigenvalue weighted by Crippen LogP contribution is 2.81. The molecule has 2 bridgehead atoms. The van der Waals surface area contributed by atoms with E-state index in [0.29, 0.717) is 6.42 Å². The predicted octanol–water partition coefficient (Wildman–Crippen LogP) is 1.52. The monoisotopic (exact) mass is 589 g/mol. The van der Waals surface area contributed by atoms with Crippen LogP contribution in [0.4, 0.5) is 0 Å². The number of cyclic esters (lactones) is 1. The zero-order valence-corrected chi connectivity index (χ0v) is 24.4. The topological polar surface area (TPSA) is 156 Å². The van der Waals surface area contributed by atoms with Crippen LogP contribution < -0.4 is 0 Å². The third-order valence-corrected chi connectivity index (χ3v) is 10.4. The Morgan fingerprint density at radius 2 is 1.98 bits per heavy atom. The molecule has 1 aromatic heterocycles. The summed E-state index contributed by atoms with van der Waals surface area (Å²) in [4.78, 5) is 30.9. The number of esters is 2. The number of hydrogen-bond acceptors (Lipinski definition) is 12. The van der Waals surface area contributed by atoms with Crippen LogP contribution in [-0.4, -0.2) is 98.0 Å². The second kappa shape index (κ2) is 10.5. The minimum Gasteiger partial charge on any atom is -0.459 e. The number of fused-ring (bicyclic) bond motifs is 1. The second-order valence-electron chi connectivity index (χ2n) is 12.3. The summed E-state index contributed by atoms with van der Waals surface area (Å²) in [5.41, 5.74) is -0.961. The Labute approximate surface area is 243 Å². The van der Waals surface area contributed by atoms with Crippen molar-refractivity contribution in [3.8, 4) is 0 Å². The maximum absolute atomic E-state index is 13.9. The molecule has 2 aliphatic heterocycles. The molecule has 0 radical (unpaired) electrons. The summed E-state index contributed by atoms with van der Waals surface area (Å²) in [6.45, 7) is 3.98. The molecule has 0 aromatic carbocycles. The molecule has 42 heavy (non-hydrogen) atoms. The van der Waals surface area contributed by atoms with Gasteiger partial charge in [-0.3, -0.25) is 4.79 Å². The molecule has 2 unspecified atom stereocenters. The van der Waals surface area contributed by atoms with Gasteiger partial charge in [-0.15, -0.1) is 0 Å². The van der Waals surface area contributed by atoms with E-state index >= 15 is 0 Å². The molecule has 1 aromatic rings. The third-order valence-electron chi connectivity index (χ3n) is 10.4. The molecule has 2 saturated carbocycles. The minimum atomic E-state index is -1.51. The molecule has 12 atom stereocenters. The van der Waals surface area contributed by atoms with Crippen LogP contribution >= 0.6 is 0 Å². The van der Waals surface area contributed by atoms with Crippen LogP contribution in [0.15, 0.2) is 40.8 Å². The van der Waals surface area contributed by atoms with Crippen LogP contribution in [0, 0.1) is 40.9 Å². The number of aliphatic hydroxyl groups excluding tert-OH is 2. The summed E-state index contributed by atoms with van der Waals surface area (Å²) < 4.78 is 40.5. The lowest BCUT2D eigenvalue weighted by Crippen LogP contribution is -2.73. The maximum Gasteiger partial charge on any atom is 0.378 e. The number of carbonyl (C=O) groups excluding carboxylic acids is 2. The van der Waals surface area contributed by atoms with Gasteiger partial charge in [0.05, 0.1) is 44.0 Å². The van der Waals surface area contributed by atoms with E-state index in [0.717, 1.165) is 12.0 Å². The summed E-state index contributed by atoms with van der Waals surface area (Å²) in [6.07, 6.45) is 5.76. The van der Waals surface area contributed by atoms with E-state index in [2.05, 4.69) is 4.98 Å². The Kier molecular flexibility index (Phi) is 7.39. The van der Waals surface area contributed by atoms with Gasteiger partial charge in [0.1, 0.15) is 17.8 Å². The molecule has 2 spiro atoms. The van der Waals surface area contributed by atoms with Crippen molar-refractivity contribution in [3.63, 3.8) is 0 Å². The maximum atomic E-state index is 13.9. The van der Waals surface area contributed by atoms with E-state index in [1.165, 1.54) is 27.5 Å². The van der Waals surface area contributed by atoms with Crippen molar-refractivity contribution in [2.24, 2.45) is 40.9 Å². The lowest BCUT2D eigenvalue weighted by atomic mass is 9.36. The van der Waals surface area contributed by atoms with E-state index in [4.69, 9.17) is 32.8 Å². The number of aliphatic hydroxyl groups is 2. The summed E-state index contributed by atoms with van der Waals surface area (Å²) >= 11 is 0. The van der Waals surface area contributed by atoms with Gasteiger partial charge in [0, 0.05) is 56.8 Å². The normalized spacial score (nSPS) is 45.3. The number of allylic oxidation sites excluding steroid dienone is 1. The molecule has 0 amide bonds. The molecular formula is C30H39NO11. The van der Waals surface area contributed by atoms with E-state index < -0.39 is 70.7 Å². The van der Waals surface area contributed by atoms with Crippen LogP contribution in [0.2, 0.25) is 0 Å². The smallest absolute Gasteiger partial charge is 0.378 e. The Balaban J connectivity index is 1.49. The first-order valence-corrected chi connectivity index (χ1v) is 14.4. The number of ether oxygens (including phenoxy) is 6. The molecule has 3 aliphatic carbocycles. The average molecular weight is 590 g/mol. The summed E-state index contributed by atoms with van der Waals surface area (Å²) in [5.74, 6) is -5.76. The van der Waals surface area contributed by atoms with E-state index in [1.807, 2.05) is 32.1 Å². The van der Waals surface area contributed by atoms with Gasteiger partial charge in [0.15, 0.2) is 6.39 Å². The van der Waals surface area contributed by atoms with Gasteiger partial charge < -0.3 is 43.1 Å². The summed E-state index contributed by atoms with van der Waals surface area (Å²) in [5, 5.41) is 23.0. The highest BCUT2D eigenvalue weighted by molar-refractivity contribution is 5.86. The van der Waals surface area contributed by atoms with Gasteiger partial charge in [-0.1, -0.05) is 30.7 Å². The fraction of sp³-hybridized carbons (Fsp3) is 0.700. The first-order chi connectivity index (χ1) is 20.1. The van der Waals surface area contributed by atoms with Crippen molar-refractivity contribution in [2.45, 2.75) is 50.0 Å². The summed E-state index contributed by atoms with van der Waals surface area (Å²) in [7, 11) is 4.52. The van der Waals surface area contributed by atoms with Gasteiger partial charge >= 0.3 is 11.9 Å². The lowest BCUT2D eigenvalue weighted by Gasteiger charge is -2.67. The van der Waals surface area contributed by atoms with Gasteiger partial charge in [0.25, 0.3) is 0 Å². The Morgan fingerprint density at radius 3 is 2.64 bits per heavy atom. The Morgan fingerprint density at radius 1 is 1.21 bits per heavy atom. The van der Waals surface area contributed by atoms with Crippen LogP contribution in [0.3, 0.4) is 0 Å². The van der Waals surface area contributed by atoms with Crippen LogP contribution in [-0.2, 0) is 33.2 Å². The van der Waals surface area contributed by atoms with Crippen LogP contribution in [0.25, 0.3) is 0 Å². The zero-order chi connectivity index (χ0) is 30.0. The van der Waals surface area contributed by atoms with Crippen molar-refractivity contribution in [3.05, 3.63) is 42.2 Å². The largest absolute Gasteiger partial charge is 0.459 e. The molecule has 12 nitrogen and oxygen atoms in total. The van der Waals surface area contributed by atoms with E-state index in [-0.39, 0.29) is 37.4 Å². The Bertz CT molecular complexity index is 1260. The van der Waals surface area contributed by atoms with Gasteiger partial charge in [-0.05, 0) is 6.92 Å². The fourth-order valence-electron chi connectivity index (χ4n) is 9.05. The number of carbonyl (C=O) groups is 2. The summed E-state index contributed by atoms with van der Waals surface area (Å²) in [6, 6.07) is 0. The number of rotatable bonds is 9. The van der Waals surface area contributed by atoms with Gasteiger partial charge in [-0.2, -0.15) is 0 Å². The molecule has 3 heterocycles. The van der Waals surface area contributed by atoms with Crippen molar-refractivity contribution in [2.75, 3.05) is 41.2 Å². The molecule has 1 saturated heterocycles. The molecular weight excluding hydrogens is 550 g/mol. The molecule has 2 N–H and O–H groups in total. The van der Waals surface area contributed by atoms with E-state index in [9.17, 15) is 19.8 Å². The van der Waals surface area contributed by atoms with Crippen LogP contribution in [0.5, 0.6) is 0 Å². The van der Waals surface area contributed by atoms with Crippen LogP contribution in [0.1, 0.15) is 30.8 Å². The number of oxazole rings is 1. The average Bonchev–Trinajstić information content (AvgIpc) is 3.62. The lowest BCUT2D eigenvalue weighted by molar-refractivity contribution is -0.267. The third kappa shape index (κ3) is 3.78. The molecule has 3 fully saturated rings. The van der Waals surface area contributed by atoms with Crippen molar-refractivity contribution in [1.29, 1.82) is 0 Å². The molecule has 6 rings (SSSR count). The second-order valence-corrected chi connectivity index (χ2v) is 12.3. The zero-order valence-electron chi connectivity index (χ0n) is 24.4. The highest BCUT2D eigenvalue weighted by atomic mass is 16.7. The van der Waals surface area contributed by atoms with Gasteiger partial charge in [0.2, 0.25) is 11.5 Å². The van der Waals surface area contributed by atoms with Crippen molar-refractivity contribution < 1.29 is 52.6 Å². The Hall–Kier alpha value is -2.61. The number of hydrogen-bond donors (Lipinski definition) is 2. The van der Waals surface area contributed by atoms with E-state index in [1.54, 1.807) is 0 Å². The fourth-order valence-corrected chi connectivity index (χ4v) is 9.05. The SMILES string of the molecule is COCC1[C@@H](O)[C@@H]2[C@@H]3C[C@]1(OC(=O)c1cnco1)OC31C=C[C@@H]3[C@@H](COC)C(=O)O[C@H]([C@H](O)COC)[C@H](C)/C=C(\C)[C@@]231. The van der Waals surface area contributed by atoms with Gasteiger partial charge in [-0.25, -0.2) is 9.78 Å². The minimum absolute atomic E-state index is 0.00711. The van der Waals surface area contributed by atoms with Crippen molar-refractivity contribution >= 4 is 11.9 Å². The first-order valence-electron chi connectivity index (χ1n) is 14.4. The number of methoxy groups -OCH3 is 3. The molecule has 230 valence electrons. The van der Waals surface area contributed by atoms with Crippen molar-refractivity contribution in [1.82, 2.24) is 4.98 Å². The highest BCUT2D eigenvalue weighted by Gasteiger charge is 2.88. The quantitative estimate of drug-likeness (QED) is 0.317. The predicted molar refractivity (Wildman–Crippen MR) is 143 cm³/mol. The standard InChI is InChI=1S/C30H39NO11/c1-15-8-16(2)30-18(17(11-36-3)26(34)40-25(15)21(32)13-38-5)6-7-28(30)19-9-29(42-28,20(12-37-4)24(33)23(19)30)41-27(35)22-10-31-14-39-22/h6-8,10,14-15,17-21,23-25,32-33H,9,11-13H2,1-5H3/b16-8+/t15-,17-,18-,19+,20?,21-,23+,24-,25+,28?,29+,30+/m1/s1. The molecule has 5 aliphatic rings. The first kappa shape index (κ1) is 29.5. The molecule has 12 heteroatoms.